The minimum atomic E-state index is 0.00485. The molecule has 2 saturated heterocycles. The fraction of sp³-hybridized carbons (Fsp3) is 0.667. The Morgan fingerprint density at radius 3 is 2.58 bits per heavy atom. The molecule has 0 saturated carbocycles. The van der Waals surface area contributed by atoms with Crippen molar-refractivity contribution in [2.75, 3.05) is 50.7 Å². The molecule has 7 nitrogen and oxygen atoms in total. The second kappa shape index (κ2) is 9.90. The first kappa shape index (κ1) is 21.9. The first-order chi connectivity index (χ1) is 15.0. The van der Waals surface area contributed by atoms with Crippen LogP contribution >= 0.6 is 0 Å². The van der Waals surface area contributed by atoms with Gasteiger partial charge >= 0.3 is 6.03 Å². The van der Waals surface area contributed by atoms with Crippen molar-refractivity contribution in [1.82, 2.24) is 15.1 Å². The number of nitrogens with zero attached hydrogens (tertiary/aromatic N) is 3. The topological polar surface area (TPSA) is 65.1 Å². The number of likely N-dealkylation sites (tertiary alicyclic amines) is 2. The van der Waals surface area contributed by atoms with Gasteiger partial charge in [-0.05, 0) is 69.8 Å². The number of carbonyl (C=O) groups is 2. The van der Waals surface area contributed by atoms with Gasteiger partial charge in [-0.15, -0.1) is 0 Å². The van der Waals surface area contributed by atoms with Crippen LogP contribution in [0, 0.1) is 12.8 Å². The van der Waals surface area contributed by atoms with E-state index in [4.69, 9.17) is 4.74 Å². The standard InChI is InChI=1S/C24H36N4O3/c1-3-20-17-28(21-16-18(2)6-7-22(21)31-20)24(30)27-13-8-19(9-14-27)23(29)25-10-15-26-11-4-5-12-26/h6-7,16,19-20H,3-5,8-15,17H2,1-2H3,(H,25,29). The monoisotopic (exact) mass is 428 g/mol. The molecule has 1 unspecified atom stereocenters. The predicted molar refractivity (Wildman–Crippen MR) is 122 cm³/mol. The molecule has 1 atom stereocenters. The Bertz CT molecular complexity index is 785. The van der Waals surface area contributed by atoms with Gasteiger partial charge in [0.05, 0.1) is 12.2 Å². The summed E-state index contributed by atoms with van der Waals surface area (Å²) in [7, 11) is 0. The van der Waals surface area contributed by atoms with Crippen LogP contribution in [0.4, 0.5) is 10.5 Å². The minimum Gasteiger partial charge on any atom is -0.486 e. The van der Waals surface area contributed by atoms with E-state index in [2.05, 4.69) is 17.1 Å². The summed E-state index contributed by atoms with van der Waals surface area (Å²) in [6.45, 7) is 9.90. The predicted octanol–water partition coefficient (Wildman–Crippen LogP) is 3.02. The van der Waals surface area contributed by atoms with E-state index in [0.29, 0.717) is 19.6 Å². The summed E-state index contributed by atoms with van der Waals surface area (Å²) in [5, 5.41) is 3.11. The van der Waals surface area contributed by atoms with Gasteiger partial charge in [-0.2, -0.15) is 0 Å². The van der Waals surface area contributed by atoms with Crippen molar-refractivity contribution >= 4 is 17.6 Å². The van der Waals surface area contributed by atoms with E-state index in [1.165, 1.54) is 12.8 Å². The number of aryl methyl sites for hydroxylation is 1. The van der Waals surface area contributed by atoms with Crippen LogP contribution in [0.25, 0.3) is 0 Å². The van der Waals surface area contributed by atoms with Crippen molar-refractivity contribution in [3.63, 3.8) is 0 Å². The fourth-order valence-electron chi connectivity index (χ4n) is 4.84. The zero-order chi connectivity index (χ0) is 21.8. The molecule has 0 spiro atoms. The van der Waals surface area contributed by atoms with Gasteiger partial charge in [-0.1, -0.05) is 13.0 Å². The van der Waals surface area contributed by atoms with Crippen LogP contribution in [0.3, 0.4) is 0 Å². The van der Waals surface area contributed by atoms with Crippen LogP contribution in [0.2, 0.25) is 0 Å². The third-order valence-corrected chi connectivity index (χ3v) is 6.83. The molecule has 3 aliphatic heterocycles. The highest BCUT2D eigenvalue weighted by Crippen LogP contribution is 2.36. The summed E-state index contributed by atoms with van der Waals surface area (Å²) < 4.78 is 6.06. The number of nitrogens with one attached hydrogen (secondary N) is 1. The number of amides is 3. The maximum Gasteiger partial charge on any atom is 0.324 e. The Labute approximate surface area is 185 Å². The van der Waals surface area contributed by atoms with Gasteiger partial charge < -0.3 is 19.9 Å². The summed E-state index contributed by atoms with van der Waals surface area (Å²) in [6, 6.07) is 6.04. The number of anilines is 1. The van der Waals surface area contributed by atoms with Gasteiger partial charge in [0.25, 0.3) is 0 Å². The zero-order valence-electron chi connectivity index (χ0n) is 18.9. The molecule has 1 N–H and O–H groups in total. The van der Waals surface area contributed by atoms with Crippen molar-refractivity contribution in [1.29, 1.82) is 0 Å². The van der Waals surface area contributed by atoms with Crippen molar-refractivity contribution < 1.29 is 14.3 Å². The van der Waals surface area contributed by atoms with E-state index in [1.807, 2.05) is 34.9 Å². The molecule has 3 amide bonds. The van der Waals surface area contributed by atoms with E-state index < -0.39 is 0 Å². The maximum atomic E-state index is 13.4. The lowest BCUT2D eigenvalue weighted by atomic mass is 9.96. The Balaban J connectivity index is 1.30. The first-order valence-corrected chi connectivity index (χ1v) is 11.9. The molecule has 7 heteroatoms. The fourth-order valence-corrected chi connectivity index (χ4v) is 4.84. The second-order valence-electron chi connectivity index (χ2n) is 9.11. The highest BCUT2D eigenvalue weighted by atomic mass is 16.5. The van der Waals surface area contributed by atoms with E-state index in [1.54, 1.807) is 0 Å². The van der Waals surface area contributed by atoms with Gasteiger partial charge in [-0.3, -0.25) is 9.69 Å². The van der Waals surface area contributed by atoms with E-state index in [9.17, 15) is 9.59 Å². The first-order valence-electron chi connectivity index (χ1n) is 11.9. The molecule has 3 aliphatic rings. The Hall–Kier alpha value is -2.28. The van der Waals surface area contributed by atoms with Crippen molar-refractivity contribution in [2.45, 2.75) is 52.1 Å². The lowest BCUT2D eigenvalue weighted by Crippen LogP contribution is -2.52. The molecule has 0 bridgehead atoms. The molecule has 3 heterocycles. The molecule has 170 valence electrons. The quantitative estimate of drug-likeness (QED) is 0.783. The molecule has 31 heavy (non-hydrogen) atoms. The van der Waals surface area contributed by atoms with Crippen LogP contribution in [0.1, 0.15) is 44.6 Å². The number of hydrogen-bond acceptors (Lipinski definition) is 4. The zero-order valence-corrected chi connectivity index (χ0v) is 18.9. The van der Waals surface area contributed by atoms with Crippen molar-refractivity contribution in [3.05, 3.63) is 23.8 Å². The van der Waals surface area contributed by atoms with Crippen LogP contribution in [-0.2, 0) is 4.79 Å². The molecular weight excluding hydrogens is 392 g/mol. The van der Waals surface area contributed by atoms with Crippen LogP contribution in [0.15, 0.2) is 18.2 Å². The van der Waals surface area contributed by atoms with E-state index in [-0.39, 0.29) is 24.0 Å². The van der Waals surface area contributed by atoms with Gasteiger partial charge in [0.15, 0.2) is 0 Å². The summed E-state index contributed by atoms with van der Waals surface area (Å²) in [6.07, 6.45) is 4.86. The van der Waals surface area contributed by atoms with Gasteiger partial charge in [0, 0.05) is 32.1 Å². The Morgan fingerprint density at radius 2 is 1.87 bits per heavy atom. The lowest BCUT2D eigenvalue weighted by molar-refractivity contribution is -0.126. The molecule has 4 rings (SSSR count). The Kier molecular flexibility index (Phi) is 7.00. The number of rotatable bonds is 5. The summed E-state index contributed by atoms with van der Waals surface area (Å²) in [5.41, 5.74) is 1.97. The van der Waals surface area contributed by atoms with E-state index in [0.717, 1.165) is 62.4 Å². The Morgan fingerprint density at radius 1 is 1.13 bits per heavy atom. The molecular formula is C24H36N4O3. The number of fused-ring (bicyclic) bond motifs is 1. The van der Waals surface area contributed by atoms with Gasteiger partial charge in [-0.25, -0.2) is 4.79 Å². The molecule has 0 radical (unpaired) electrons. The smallest absolute Gasteiger partial charge is 0.324 e. The number of benzene rings is 1. The second-order valence-corrected chi connectivity index (χ2v) is 9.11. The lowest BCUT2D eigenvalue weighted by Gasteiger charge is -2.39. The summed E-state index contributed by atoms with van der Waals surface area (Å²) in [5.74, 6) is 0.930. The third kappa shape index (κ3) is 5.14. The summed E-state index contributed by atoms with van der Waals surface area (Å²) >= 11 is 0. The number of ether oxygens (including phenoxy) is 1. The highest BCUT2D eigenvalue weighted by Gasteiger charge is 2.34. The highest BCUT2D eigenvalue weighted by molar-refractivity contribution is 5.94. The van der Waals surface area contributed by atoms with Gasteiger partial charge in [0.2, 0.25) is 5.91 Å². The maximum absolute atomic E-state index is 13.4. The van der Waals surface area contributed by atoms with Gasteiger partial charge in [0.1, 0.15) is 11.9 Å². The largest absolute Gasteiger partial charge is 0.486 e. The number of carbonyl (C=O) groups excluding carboxylic acids is 2. The number of urea groups is 1. The number of piperidine rings is 1. The van der Waals surface area contributed by atoms with Crippen molar-refractivity contribution in [3.8, 4) is 5.75 Å². The average molecular weight is 429 g/mol. The average Bonchev–Trinajstić information content (AvgIpc) is 3.31. The number of hydrogen-bond donors (Lipinski definition) is 1. The van der Waals surface area contributed by atoms with E-state index >= 15 is 0 Å². The minimum absolute atomic E-state index is 0.00485. The SMILES string of the molecule is CCC1CN(C(=O)N2CCC(C(=O)NCCN3CCCC3)CC2)c2cc(C)ccc2O1. The van der Waals surface area contributed by atoms with Crippen LogP contribution < -0.4 is 15.0 Å². The molecule has 0 aliphatic carbocycles. The molecule has 2 fully saturated rings. The van der Waals surface area contributed by atoms with Crippen LogP contribution in [0.5, 0.6) is 5.75 Å². The third-order valence-electron chi connectivity index (χ3n) is 6.83. The molecule has 1 aromatic carbocycles. The summed E-state index contributed by atoms with van der Waals surface area (Å²) in [4.78, 5) is 32.1. The van der Waals surface area contributed by atoms with Crippen molar-refractivity contribution in [2.24, 2.45) is 5.92 Å². The molecule has 1 aromatic rings. The molecule has 0 aromatic heterocycles. The van der Waals surface area contributed by atoms with Crippen LogP contribution in [-0.4, -0.2) is 73.7 Å². The normalized spacial score (nSPS) is 22.2.